The maximum Gasteiger partial charge on any atom is 0.322 e. The molecule has 3 aromatic heterocycles. The first-order chi connectivity index (χ1) is 27.1. The first-order valence-corrected chi connectivity index (χ1v) is 19.0. The van der Waals surface area contributed by atoms with Crippen LogP contribution in [0.15, 0.2) is 116 Å². The standard InChI is InChI=1S/C41H36FN7O6S/c1-26-19-21-43-41(47-26)54-35-18-15-31(23-34(35)42)49-38(27(2)37-39(49)40(46-25-45-37)44-24-28-9-16-32(53-3)17-10-28)29-11-13-30(14-12-29)48-36(50)20-22-56(51,52)55-33-7-5-4-6-8-33/h4-19,21,23,25H,20,22,24H2,1-3H3,(H,48,50)(H,44,45,46). The quantitative estimate of drug-likeness (QED) is 0.104. The van der Waals surface area contributed by atoms with E-state index in [-0.39, 0.29) is 23.9 Å². The van der Waals surface area contributed by atoms with Gasteiger partial charge in [-0.3, -0.25) is 4.79 Å². The number of carbonyl (C=O) groups is 1. The van der Waals surface area contributed by atoms with Crippen molar-refractivity contribution >= 4 is 38.6 Å². The number of amides is 1. The smallest absolute Gasteiger partial charge is 0.322 e. The Bertz CT molecular complexity index is 2620. The fraction of sp³-hybridized carbons (Fsp3) is 0.146. The van der Waals surface area contributed by atoms with E-state index >= 15 is 4.39 Å². The number of anilines is 2. The molecule has 15 heteroatoms. The minimum atomic E-state index is -3.99. The number of para-hydroxylation sites is 1. The molecule has 2 N–H and O–H groups in total. The molecule has 0 saturated heterocycles. The van der Waals surface area contributed by atoms with Crippen molar-refractivity contribution in [2.24, 2.45) is 0 Å². The Hall–Kier alpha value is -6.87. The molecule has 0 aliphatic rings. The highest BCUT2D eigenvalue weighted by atomic mass is 32.2. The van der Waals surface area contributed by atoms with Gasteiger partial charge in [0.05, 0.1) is 24.1 Å². The van der Waals surface area contributed by atoms with Crippen LogP contribution in [0.2, 0.25) is 0 Å². The normalized spacial score (nSPS) is 11.3. The highest BCUT2D eigenvalue weighted by Gasteiger charge is 2.23. The maximum absolute atomic E-state index is 15.9. The van der Waals surface area contributed by atoms with E-state index in [1.165, 1.54) is 36.8 Å². The Balaban J connectivity index is 1.20. The summed E-state index contributed by atoms with van der Waals surface area (Å²) in [7, 11) is -2.38. The first kappa shape index (κ1) is 37.4. The van der Waals surface area contributed by atoms with E-state index in [0.29, 0.717) is 46.2 Å². The van der Waals surface area contributed by atoms with Gasteiger partial charge in [0.1, 0.15) is 23.3 Å². The molecule has 0 unspecified atom stereocenters. The number of nitrogens with one attached hydrogen (secondary N) is 2. The third-order valence-corrected chi connectivity index (χ3v) is 9.88. The van der Waals surface area contributed by atoms with Crippen LogP contribution in [0.3, 0.4) is 0 Å². The molecule has 0 atom stereocenters. The molecule has 4 aromatic carbocycles. The third-order valence-electron chi connectivity index (χ3n) is 8.73. The summed E-state index contributed by atoms with van der Waals surface area (Å²) in [5.74, 6) is -0.267. The van der Waals surface area contributed by atoms with E-state index in [2.05, 4.69) is 30.6 Å². The second kappa shape index (κ2) is 16.2. The van der Waals surface area contributed by atoms with Crippen molar-refractivity contribution < 1.29 is 31.3 Å². The molecule has 0 aliphatic carbocycles. The Morgan fingerprint density at radius 3 is 2.36 bits per heavy atom. The molecule has 7 rings (SSSR count). The molecule has 0 aliphatic heterocycles. The molecule has 13 nitrogen and oxygen atoms in total. The maximum atomic E-state index is 15.9. The van der Waals surface area contributed by atoms with E-state index in [4.69, 9.17) is 13.7 Å². The highest BCUT2D eigenvalue weighted by Crippen LogP contribution is 2.39. The fourth-order valence-electron chi connectivity index (χ4n) is 6.02. The van der Waals surface area contributed by atoms with Crippen LogP contribution in [0, 0.1) is 19.7 Å². The molecule has 1 amide bonds. The number of nitrogens with zero attached hydrogens (tertiary/aromatic N) is 5. The van der Waals surface area contributed by atoms with Crippen LogP contribution in [0.4, 0.5) is 15.9 Å². The summed E-state index contributed by atoms with van der Waals surface area (Å²) >= 11 is 0. The van der Waals surface area contributed by atoms with Gasteiger partial charge in [-0.15, -0.1) is 0 Å². The average molecular weight is 774 g/mol. The van der Waals surface area contributed by atoms with Crippen LogP contribution < -0.4 is 24.3 Å². The molecular weight excluding hydrogens is 738 g/mol. The van der Waals surface area contributed by atoms with Crippen molar-refractivity contribution in [3.8, 4) is 40.2 Å². The Labute approximate surface area is 322 Å². The summed E-state index contributed by atoms with van der Waals surface area (Å²) in [6.07, 6.45) is 2.70. The number of carbonyl (C=O) groups excluding carboxylic acids is 1. The summed E-state index contributed by atoms with van der Waals surface area (Å²) in [5, 5.41) is 6.18. The van der Waals surface area contributed by atoms with Crippen molar-refractivity contribution in [3.63, 3.8) is 0 Å². The van der Waals surface area contributed by atoms with Crippen molar-refractivity contribution in [2.45, 2.75) is 26.8 Å². The molecule has 7 aromatic rings. The van der Waals surface area contributed by atoms with Crippen LogP contribution >= 0.6 is 0 Å². The van der Waals surface area contributed by atoms with Crippen molar-refractivity contribution in [2.75, 3.05) is 23.5 Å². The van der Waals surface area contributed by atoms with Gasteiger partial charge in [0.25, 0.3) is 0 Å². The molecule has 0 spiro atoms. The second-order valence-electron chi connectivity index (χ2n) is 12.7. The lowest BCUT2D eigenvalue weighted by Gasteiger charge is -2.16. The number of methoxy groups -OCH3 is 1. The van der Waals surface area contributed by atoms with Gasteiger partial charge in [-0.25, -0.2) is 24.3 Å². The molecule has 0 bridgehead atoms. The summed E-state index contributed by atoms with van der Waals surface area (Å²) in [4.78, 5) is 30.3. The number of ether oxygens (including phenoxy) is 2. The Kier molecular flexibility index (Phi) is 10.9. The molecule has 0 saturated carbocycles. The highest BCUT2D eigenvalue weighted by molar-refractivity contribution is 7.87. The van der Waals surface area contributed by atoms with Gasteiger partial charge in [0.15, 0.2) is 17.4 Å². The Morgan fingerprint density at radius 1 is 0.875 bits per heavy atom. The number of halogens is 1. The molecule has 3 heterocycles. The number of rotatable bonds is 14. The zero-order valence-electron chi connectivity index (χ0n) is 30.6. The van der Waals surface area contributed by atoms with Gasteiger partial charge >= 0.3 is 16.1 Å². The van der Waals surface area contributed by atoms with Gasteiger partial charge in [0, 0.05) is 47.9 Å². The van der Waals surface area contributed by atoms with Gasteiger partial charge < -0.3 is 28.9 Å². The number of aromatic nitrogens is 5. The van der Waals surface area contributed by atoms with Crippen molar-refractivity contribution in [1.29, 1.82) is 0 Å². The lowest BCUT2D eigenvalue weighted by atomic mass is 10.1. The van der Waals surface area contributed by atoms with E-state index in [9.17, 15) is 13.2 Å². The molecule has 0 fully saturated rings. The minimum absolute atomic E-state index is 0.0207. The van der Waals surface area contributed by atoms with Gasteiger partial charge in [0.2, 0.25) is 5.91 Å². The molecule has 0 radical (unpaired) electrons. The average Bonchev–Trinajstić information content (AvgIpc) is 3.50. The van der Waals surface area contributed by atoms with Crippen molar-refractivity contribution in [3.05, 3.63) is 138 Å². The van der Waals surface area contributed by atoms with Crippen LogP contribution in [0.1, 0.15) is 23.2 Å². The largest absolute Gasteiger partial charge is 0.497 e. The lowest BCUT2D eigenvalue weighted by molar-refractivity contribution is -0.115. The monoisotopic (exact) mass is 773 g/mol. The predicted molar refractivity (Wildman–Crippen MR) is 210 cm³/mol. The third kappa shape index (κ3) is 8.58. The topological polar surface area (TPSA) is 159 Å². The van der Waals surface area contributed by atoms with Crippen LogP contribution in [0.5, 0.6) is 23.3 Å². The summed E-state index contributed by atoms with van der Waals surface area (Å²) in [6, 6.07) is 29.1. The number of aryl methyl sites for hydroxylation is 2. The van der Waals surface area contributed by atoms with E-state index in [1.54, 1.807) is 56.5 Å². The fourth-order valence-corrected chi connectivity index (χ4v) is 6.94. The summed E-state index contributed by atoms with van der Waals surface area (Å²) in [5.41, 5.74) is 6.05. The number of hydrogen-bond acceptors (Lipinski definition) is 11. The Morgan fingerprint density at radius 2 is 1.64 bits per heavy atom. The lowest BCUT2D eigenvalue weighted by Crippen LogP contribution is -2.20. The van der Waals surface area contributed by atoms with Gasteiger partial charge in [-0.05, 0) is 79.6 Å². The van der Waals surface area contributed by atoms with Crippen molar-refractivity contribution in [1.82, 2.24) is 24.5 Å². The molecular formula is C41H36FN7O6S. The van der Waals surface area contributed by atoms with E-state index < -0.39 is 27.6 Å². The number of fused-ring (bicyclic) bond motifs is 1. The predicted octanol–water partition coefficient (Wildman–Crippen LogP) is 7.78. The molecule has 284 valence electrons. The van der Waals surface area contributed by atoms with E-state index in [0.717, 1.165) is 22.4 Å². The zero-order chi connectivity index (χ0) is 39.2. The summed E-state index contributed by atoms with van der Waals surface area (Å²) in [6.45, 7) is 4.14. The second-order valence-corrected chi connectivity index (χ2v) is 14.4. The van der Waals surface area contributed by atoms with Crippen LogP contribution in [-0.4, -0.2) is 51.7 Å². The zero-order valence-corrected chi connectivity index (χ0v) is 31.4. The van der Waals surface area contributed by atoms with Gasteiger partial charge in [-0.1, -0.05) is 42.5 Å². The number of hydrogen-bond donors (Lipinski definition) is 2. The first-order valence-electron chi connectivity index (χ1n) is 17.4. The van der Waals surface area contributed by atoms with E-state index in [1.807, 2.05) is 47.9 Å². The SMILES string of the molecule is COc1ccc(CNc2ncnc3c(C)c(-c4ccc(NC(=O)CCS(=O)(=O)Oc5ccccc5)cc4)n(-c4ccc(Oc5nccc(C)n5)c(F)c4)c23)cc1. The van der Waals surface area contributed by atoms with Crippen LogP contribution in [0.25, 0.3) is 28.0 Å². The summed E-state index contributed by atoms with van der Waals surface area (Å²) < 4.78 is 58.7. The van der Waals surface area contributed by atoms with Gasteiger partial charge in [-0.2, -0.15) is 8.42 Å². The number of benzene rings is 4. The van der Waals surface area contributed by atoms with Crippen LogP contribution in [-0.2, 0) is 21.5 Å². The molecule has 56 heavy (non-hydrogen) atoms. The minimum Gasteiger partial charge on any atom is -0.497 e.